The van der Waals surface area contributed by atoms with Crippen molar-refractivity contribution in [2.24, 2.45) is 0 Å². The Hall–Kier alpha value is -0.160. The molecule has 0 bridgehead atoms. The van der Waals surface area contributed by atoms with E-state index < -0.39 is 0 Å². The molecule has 2 rings (SSSR count). The first-order valence-electron chi connectivity index (χ1n) is 5.36. The number of ether oxygens (including phenoxy) is 4. The summed E-state index contributed by atoms with van der Waals surface area (Å²) in [6.45, 7) is 4.93. The Bertz CT molecular complexity index is 171. The van der Waals surface area contributed by atoms with Gasteiger partial charge in [0.2, 0.25) is 0 Å². The minimum atomic E-state index is -0.366. The van der Waals surface area contributed by atoms with Crippen LogP contribution in [-0.4, -0.2) is 38.5 Å². The third-order valence-corrected chi connectivity index (χ3v) is 2.80. The highest BCUT2D eigenvalue weighted by molar-refractivity contribution is 4.73. The maximum atomic E-state index is 5.62. The lowest BCUT2D eigenvalue weighted by molar-refractivity contribution is -0.175. The van der Waals surface area contributed by atoms with E-state index in [2.05, 4.69) is 6.92 Å². The van der Waals surface area contributed by atoms with Crippen molar-refractivity contribution in [1.29, 1.82) is 0 Å². The van der Waals surface area contributed by atoms with Crippen LogP contribution < -0.4 is 0 Å². The molecule has 4 heteroatoms. The highest BCUT2D eigenvalue weighted by Gasteiger charge is 2.35. The van der Waals surface area contributed by atoms with Gasteiger partial charge in [-0.3, -0.25) is 0 Å². The minimum Gasteiger partial charge on any atom is -0.350 e. The van der Waals surface area contributed by atoms with Gasteiger partial charge in [-0.2, -0.15) is 0 Å². The van der Waals surface area contributed by atoms with Gasteiger partial charge in [0.1, 0.15) is 0 Å². The van der Waals surface area contributed by atoms with Gasteiger partial charge in [0.15, 0.2) is 12.1 Å². The number of hydrogen-bond acceptors (Lipinski definition) is 4. The summed E-state index contributed by atoms with van der Waals surface area (Å²) < 4.78 is 22.0. The predicted octanol–water partition coefficient (Wildman–Crippen LogP) is 1.29. The summed E-state index contributed by atoms with van der Waals surface area (Å²) in [4.78, 5) is 0. The fourth-order valence-corrected chi connectivity index (χ4v) is 1.93. The highest BCUT2D eigenvalue weighted by Crippen LogP contribution is 2.29. The molecule has 82 valence electrons. The summed E-state index contributed by atoms with van der Waals surface area (Å²) in [5.74, 6) is -0.366. The Morgan fingerprint density at radius 1 is 1.07 bits per heavy atom. The van der Waals surface area contributed by atoms with E-state index in [9.17, 15) is 0 Å². The van der Waals surface area contributed by atoms with Crippen molar-refractivity contribution in [3.05, 3.63) is 0 Å². The van der Waals surface area contributed by atoms with Crippen LogP contribution in [0.5, 0.6) is 0 Å². The van der Waals surface area contributed by atoms with E-state index in [0.717, 1.165) is 19.3 Å². The minimum absolute atomic E-state index is 0.0498. The van der Waals surface area contributed by atoms with Gasteiger partial charge >= 0.3 is 0 Å². The lowest BCUT2D eigenvalue weighted by atomic mass is 10.1. The molecule has 14 heavy (non-hydrogen) atoms. The summed E-state index contributed by atoms with van der Waals surface area (Å²) >= 11 is 0. The third-order valence-electron chi connectivity index (χ3n) is 2.80. The van der Waals surface area contributed by atoms with Crippen LogP contribution in [0.3, 0.4) is 0 Å². The Balaban J connectivity index is 1.76. The molecule has 0 amide bonds. The van der Waals surface area contributed by atoms with Gasteiger partial charge in [0.05, 0.1) is 26.4 Å². The van der Waals surface area contributed by atoms with E-state index in [1.807, 2.05) is 0 Å². The van der Waals surface area contributed by atoms with Crippen LogP contribution in [0.2, 0.25) is 0 Å². The second kappa shape index (κ2) is 4.57. The lowest BCUT2D eigenvalue weighted by Gasteiger charge is -2.26. The van der Waals surface area contributed by atoms with Crippen molar-refractivity contribution < 1.29 is 18.9 Å². The molecule has 2 fully saturated rings. The molecule has 0 aromatic rings. The molecule has 2 aliphatic rings. The zero-order valence-corrected chi connectivity index (χ0v) is 8.66. The van der Waals surface area contributed by atoms with Crippen LogP contribution in [0.25, 0.3) is 0 Å². The van der Waals surface area contributed by atoms with Crippen molar-refractivity contribution in [1.82, 2.24) is 0 Å². The number of rotatable bonds is 4. The van der Waals surface area contributed by atoms with Crippen LogP contribution in [0.4, 0.5) is 0 Å². The van der Waals surface area contributed by atoms with Gasteiger partial charge in [0, 0.05) is 12.8 Å². The molecule has 0 aromatic carbocycles. The molecule has 0 aromatic heterocycles. The van der Waals surface area contributed by atoms with Crippen LogP contribution in [0.15, 0.2) is 0 Å². The third kappa shape index (κ3) is 2.25. The standard InChI is InChI=1S/C10H18O4/c1-2-10(13-7-8-14-10)4-3-9-11-5-6-12-9/h9H,2-8H2,1H3. The maximum Gasteiger partial charge on any atom is 0.168 e. The van der Waals surface area contributed by atoms with Crippen LogP contribution >= 0.6 is 0 Å². The molecule has 0 aliphatic carbocycles. The largest absolute Gasteiger partial charge is 0.350 e. The van der Waals surface area contributed by atoms with Gasteiger partial charge < -0.3 is 18.9 Å². The first-order chi connectivity index (χ1) is 6.85. The van der Waals surface area contributed by atoms with Crippen molar-refractivity contribution in [2.75, 3.05) is 26.4 Å². The first-order valence-corrected chi connectivity index (χ1v) is 5.36. The van der Waals surface area contributed by atoms with Gasteiger partial charge in [-0.25, -0.2) is 0 Å². The molecule has 0 radical (unpaired) electrons. The van der Waals surface area contributed by atoms with Crippen molar-refractivity contribution in [3.8, 4) is 0 Å². The lowest BCUT2D eigenvalue weighted by Crippen LogP contribution is -2.30. The fourth-order valence-electron chi connectivity index (χ4n) is 1.93. The van der Waals surface area contributed by atoms with E-state index in [1.165, 1.54) is 0 Å². The molecule has 2 aliphatic heterocycles. The molecule has 2 heterocycles. The van der Waals surface area contributed by atoms with Gasteiger partial charge in [-0.1, -0.05) is 6.92 Å². The molecule has 0 atom stereocenters. The highest BCUT2D eigenvalue weighted by atomic mass is 16.7. The van der Waals surface area contributed by atoms with E-state index in [0.29, 0.717) is 26.4 Å². The van der Waals surface area contributed by atoms with Crippen LogP contribution in [0.1, 0.15) is 26.2 Å². The molecule has 2 saturated heterocycles. The smallest absolute Gasteiger partial charge is 0.168 e. The monoisotopic (exact) mass is 202 g/mol. The predicted molar refractivity (Wildman–Crippen MR) is 49.9 cm³/mol. The molecule has 0 unspecified atom stereocenters. The van der Waals surface area contributed by atoms with E-state index in [1.54, 1.807) is 0 Å². The zero-order valence-electron chi connectivity index (χ0n) is 8.66. The molecule has 0 spiro atoms. The van der Waals surface area contributed by atoms with Crippen molar-refractivity contribution >= 4 is 0 Å². The average Bonchev–Trinajstić information content (AvgIpc) is 2.87. The van der Waals surface area contributed by atoms with Crippen LogP contribution in [0, 0.1) is 0 Å². The quantitative estimate of drug-likeness (QED) is 0.688. The normalized spacial score (nSPS) is 27.2. The van der Waals surface area contributed by atoms with E-state index in [4.69, 9.17) is 18.9 Å². The molecule has 0 saturated carbocycles. The molecule has 0 N–H and O–H groups in total. The summed E-state index contributed by atoms with van der Waals surface area (Å²) in [6, 6.07) is 0. The molecular weight excluding hydrogens is 184 g/mol. The van der Waals surface area contributed by atoms with E-state index in [-0.39, 0.29) is 12.1 Å². The van der Waals surface area contributed by atoms with Crippen molar-refractivity contribution in [2.45, 2.75) is 38.3 Å². The Labute approximate surface area is 84.5 Å². The van der Waals surface area contributed by atoms with Crippen molar-refractivity contribution in [3.63, 3.8) is 0 Å². The second-order valence-corrected chi connectivity index (χ2v) is 3.67. The first kappa shape index (κ1) is 10.4. The fraction of sp³-hybridized carbons (Fsp3) is 1.00. The summed E-state index contributed by atoms with van der Waals surface area (Å²) in [7, 11) is 0. The van der Waals surface area contributed by atoms with Gasteiger partial charge in [-0.05, 0) is 6.42 Å². The number of hydrogen-bond donors (Lipinski definition) is 0. The van der Waals surface area contributed by atoms with Gasteiger partial charge in [0.25, 0.3) is 0 Å². The average molecular weight is 202 g/mol. The Morgan fingerprint density at radius 2 is 1.71 bits per heavy atom. The Morgan fingerprint density at radius 3 is 2.29 bits per heavy atom. The topological polar surface area (TPSA) is 36.9 Å². The summed E-state index contributed by atoms with van der Waals surface area (Å²) in [5.41, 5.74) is 0. The molecule has 4 nitrogen and oxygen atoms in total. The Kier molecular flexibility index (Phi) is 3.38. The second-order valence-electron chi connectivity index (χ2n) is 3.67. The van der Waals surface area contributed by atoms with E-state index >= 15 is 0 Å². The zero-order chi connectivity index (χ0) is 9.86. The van der Waals surface area contributed by atoms with Gasteiger partial charge in [-0.15, -0.1) is 0 Å². The SMILES string of the molecule is CCC1(CCC2OCCO2)OCCO1. The summed E-state index contributed by atoms with van der Waals surface area (Å²) in [5, 5.41) is 0. The maximum absolute atomic E-state index is 5.62. The summed E-state index contributed by atoms with van der Waals surface area (Å²) in [6.07, 6.45) is 2.55. The van der Waals surface area contributed by atoms with Crippen LogP contribution in [-0.2, 0) is 18.9 Å². The molecular formula is C10H18O4.